The quantitative estimate of drug-likeness (QED) is 0.0320. The van der Waals surface area contributed by atoms with Gasteiger partial charge in [0, 0.05) is 12.8 Å². The molecule has 520 valence electrons. The van der Waals surface area contributed by atoms with Crippen molar-refractivity contribution >= 4 is 11.9 Å². The Morgan fingerprint density at radius 1 is 0.318 bits per heavy atom. The largest absolute Gasteiger partial charge is 0.466 e. The number of aliphatic hydroxyl groups excluding tert-OH is 2. The Kier molecular flexibility index (Phi) is 75.8. The first kappa shape index (κ1) is 86.1. The molecule has 2 unspecified atom stereocenters. The van der Waals surface area contributed by atoms with Crippen molar-refractivity contribution in [2.24, 2.45) is 0 Å². The predicted octanol–water partition coefficient (Wildman–Crippen LogP) is 26.6. The van der Waals surface area contributed by atoms with E-state index < -0.39 is 12.1 Å². The topological polar surface area (TPSA) is 95.9 Å². The molecule has 6 nitrogen and oxygen atoms in total. The summed E-state index contributed by atoms with van der Waals surface area (Å²) in [5.41, 5.74) is 0. The lowest BCUT2D eigenvalue weighted by Gasteiger charge is -2.20. The average molecular weight is 1240 g/mol. The fourth-order valence-corrected chi connectivity index (χ4v) is 12.8. The van der Waals surface area contributed by atoms with Gasteiger partial charge in [-0.05, 0) is 64.2 Å². The molecule has 0 spiro atoms. The molecule has 0 saturated heterocycles. The van der Waals surface area contributed by atoms with Crippen molar-refractivity contribution < 1.29 is 24.5 Å². The van der Waals surface area contributed by atoms with Gasteiger partial charge in [0.05, 0.1) is 25.4 Å². The second-order valence-corrected chi connectivity index (χ2v) is 27.8. The third-order valence-electron chi connectivity index (χ3n) is 18.9. The highest BCUT2D eigenvalue weighted by molar-refractivity contribution is 5.76. The van der Waals surface area contributed by atoms with Crippen molar-refractivity contribution in [1.29, 1.82) is 0 Å². The van der Waals surface area contributed by atoms with Gasteiger partial charge < -0.3 is 20.3 Å². The van der Waals surface area contributed by atoms with E-state index in [2.05, 4.69) is 43.5 Å². The van der Waals surface area contributed by atoms with Gasteiger partial charge in [-0.2, -0.15) is 0 Å². The van der Waals surface area contributed by atoms with Crippen molar-refractivity contribution in [3.8, 4) is 0 Å². The van der Waals surface area contributed by atoms with Gasteiger partial charge in [0.25, 0.3) is 0 Å². The first-order valence-electron chi connectivity index (χ1n) is 40.3. The molecule has 0 aromatic heterocycles. The van der Waals surface area contributed by atoms with E-state index >= 15 is 0 Å². The number of carbonyl (C=O) groups excluding carboxylic acids is 2. The number of esters is 1. The molecule has 0 aliphatic heterocycles. The fourth-order valence-electron chi connectivity index (χ4n) is 12.8. The number of allylic oxidation sites excluding steroid dienone is 5. The zero-order chi connectivity index (χ0) is 63.5. The maximum absolute atomic E-state index is 12.5. The Morgan fingerprint density at radius 3 is 0.864 bits per heavy atom. The zero-order valence-corrected chi connectivity index (χ0v) is 59.7. The summed E-state index contributed by atoms with van der Waals surface area (Å²) in [6.45, 7) is 4.95. The average Bonchev–Trinajstić information content (AvgIpc) is 3.58. The molecule has 3 N–H and O–H groups in total. The van der Waals surface area contributed by atoms with E-state index in [9.17, 15) is 19.8 Å². The number of hydrogen-bond donors (Lipinski definition) is 3. The summed E-state index contributed by atoms with van der Waals surface area (Å²) < 4.78 is 5.52. The van der Waals surface area contributed by atoms with E-state index in [1.54, 1.807) is 6.08 Å². The van der Waals surface area contributed by atoms with Gasteiger partial charge in [0.1, 0.15) is 0 Å². The lowest BCUT2D eigenvalue weighted by Crippen LogP contribution is -2.45. The molecular formula is C82H157NO5. The Hall–Kier alpha value is -1.92. The van der Waals surface area contributed by atoms with E-state index in [4.69, 9.17) is 4.74 Å². The minimum Gasteiger partial charge on any atom is -0.466 e. The van der Waals surface area contributed by atoms with Crippen LogP contribution in [0.2, 0.25) is 0 Å². The van der Waals surface area contributed by atoms with E-state index in [0.717, 1.165) is 44.9 Å². The van der Waals surface area contributed by atoms with Crippen LogP contribution in [0.5, 0.6) is 0 Å². The standard InChI is InChI=1S/C82H157NO5/c1-3-5-7-9-11-13-15-17-19-21-38-42-46-50-54-58-62-66-70-74-80(85)79(78-84)83-81(86)75-71-67-63-59-55-51-47-43-40-36-34-32-30-28-26-24-23-25-27-29-31-33-35-37-41-45-49-53-57-61-65-69-73-77-88-82(87)76-72-68-64-60-56-52-48-44-39-22-20-18-16-14-12-10-8-6-4-2/h27,29,33,35,70,74,79-80,84-85H,3-26,28,30-32,34,36-69,71-73,75-78H2,1-2H3,(H,83,86)/b29-27-,35-33-,74-70+. The van der Waals surface area contributed by atoms with Gasteiger partial charge in [-0.1, -0.05) is 410 Å². The minimum absolute atomic E-state index is 0.0196. The maximum Gasteiger partial charge on any atom is 0.305 e. The van der Waals surface area contributed by atoms with Crippen LogP contribution < -0.4 is 5.32 Å². The number of amides is 1. The predicted molar refractivity (Wildman–Crippen MR) is 389 cm³/mol. The van der Waals surface area contributed by atoms with Crippen LogP contribution in [0, 0.1) is 0 Å². The van der Waals surface area contributed by atoms with Gasteiger partial charge in [0.15, 0.2) is 0 Å². The van der Waals surface area contributed by atoms with Crippen LogP contribution in [0.3, 0.4) is 0 Å². The molecule has 0 aromatic rings. The van der Waals surface area contributed by atoms with Gasteiger partial charge in [-0.3, -0.25) is 9.59 Å². The van der Waals surface area contributed by atoms with E-state index in [-0.39, 0.29) is 18.5 Å². The molecule has 2 atom stereocenters. The van der Waals surface area contributed by atoms with Crippen LogP contribution in [0.25, 0.3) is 0 Å². The molecule has 0 aliphatic rings. The summed E-state index contributed by atoms with van der Waals surface area (Å²) in [6.07, 6.45) is 101. The Morgan fingerprint density at radius 2 is 0.568 bits per heavy atom. The van der Waals surface area contributed by atoms with Crippen LogP contribution in [-0.2, 0) is 14.3 Å². The molecule has 0 aromatic carbocycles. The Bertz CT molecular complexity index is 1430. The van der Waals surface area contributed by atoms with Crippen molar-refractivity contribution in [2.45, 2.75) is 463 Å². The highest BCUT2D eigenvalue weighted by atomic mass is 16.5. The molecule has 0 fully saturated rings. The fraction of sp³-hybridized carbons (Fsp3) is 0.902. The first-order chi connectivity index (χ1) is 43.5. The van der Waals surface area contributed by atoms with Crippen molar-refractivity contribution in [2.75, 3.05) is 13.2 Å². The van der Waals surface area contributed by atoms with Crippen LogP contribution >= 0.6 is 0 Å². The molecule has 0 rings (SSSR count). The number of ether oxygens (including phenoxy) is 1. The van der Waals surface area contributed by atoms with Gasteiger partial charge in [-0.15, -0.1) is 0 Å². The Labute approximate surface area is 551 Å². The summed E-state index contributed by atoms with van der Waals surface area (Å²) in [4.78, 5) is 24.7. The summed E-state index contributed by atoms with van der Waals surface area (Å²) in [5.74, 6) is -0.0425. The normalized spacial score (nSPS) is 12.6. The summed E-state index contributed by atoms with van der Waals surface area (Å²) >= 11 is 0. The number of rotatable bonds is 76. The summed E-state index contributed by atoms with van der Waals surface area (Å²) in [6, 6.07) is -0.627. The van der Waals surface area contributed by atoms with Crippen LogP contribution in [0.4, 0.5) is 0 Å². The zero-order valence-electron chi connectivity index (χ0n) is 59.7. The molecule has 1 amide bonds. The van der Waals surface area contributed by atoms with Crippen LogP contribution in [0.15, 0.2) is 36.5 Å². The second-order valence-electron chi connectivity index (χ2n) is 27.8. The van der Waals surface area contributed by atoms with Crippen LogP contribution in [-0.4, -0.2) is 47.4 Å². The molecule has 0 radical (unpaired) electrons. The number of hydrogen-bond acceptors (Lipinski definition) is 5. The van der Waals surface area contributed by atoms with E-state index in [1.807, 2.05) is 6.08 Å². The molecule has 6 heteroatoms. The summed E-state index contributed by atoms with van der Waals surface area (Å²) in [7, 11) is 0. The number of aliphatic hydroxyl groups is 2. The molecular weight excluding hydrogens is 1080 g/mol. The van der Waals surface area contributed by atoms with Crippen molar-refractivity contribution in [3.05, 3.63) is 36.5 Å². The van der Waals surface area contributed by atoms with Crippen molar-refractivity contribution in [3.63, 3.8) is 0 Å². The lowest BCUT2D eigenvalue weighted by atomic mass is 10.0. The highest BCUT2D eigenvalue weighted by Crippen LogP contribution is 2.20. The maximum atomic E-state index is 12.5. The highest BCUT2D eigenvalue weighted by Gasteiger charge is 2.18. The second kappa shape index (κ2) is 77.5. The van der Waals surface area contributed by atoms with Gasteiger partial charge in [0.2, 0.25) is 5.91 Å². The van der Waals surface area contributed by atoms with Crippen molar-refractivity contribution in [1.82, 2.24) is 5.32 Å². The molecule has 0 saturated carbocycles. The van der Waals surface area contributed by atoms with E-state index in [0.29, 0.717) is 19.4 Å². The molecule has 0 bridgehead atoms. The third-order valence-corrected chi connectivity index (χ3v) is 18.9. The lowest BCUT2D eigenvalue weighted by molar-refractivity contribution is -0.143. The SMILES string of the molecule is CCCCCCCCCCCCCCCCCCC/C=C/C(O)C(CO)NC(=O)CCCCCCCCCCCCCCCCCCC/C=C\C/C=C\CCCCCCCCCCCOC(=O)CCCCCCCCCCCCCCCCCCCCC. The summed E-state index contributed by atoms with van der Waals surface area (Å²) in [5, 5.41) is 23.3. The molecule has 88 heavy (non-hydrogen) atoms. The Balaban J connectivity index is 3.38. The van der Waals surface area contributed by atoms with E-state index in [1.165, 1.54) is 379 Å². The molecule has 0 heterocycles. The van der Waals surface area contributed by atoms with Gasteiger partial charge in [-0.25, -0.2) is 0 Å². The smallest absolute Gasteiger partial charge is 0.305 e. The monoisotopic (exact) mass is 1240 g/mol. The number of unbranched alkanes of at least 4 members (excludes halogenated alkanes) is 61. The van der Waals surface area contributed by atoms with Crippen LogP contribution in [0.1, 0.15) is 450 Å². The molecule has 0 aliphatic carbocycles. The number of nitrogens with one attached hydrogen (secondary N) is 1. The van der Waals surface area contributed by atoms with Gasteiger partial charge >= 0.3 is 5.97 Å². The number of carbonyl (C=O) groups is 2. The first-order valence-corrected chi connectivity index (χ1v) is 40.3. The minimum atomic E-state index is -0.844. The third kappa shape index (κ3) is 73.1.